The fourth-order valence-electron chi connectivity index (χ4n) is 3.85. The van der Waals surface area contributed by atoms with Crippen LogP contribution in [0, 0.1) is 0 Å². The molecular weight excluding hydrogens is 362 g/mol. The number of anilines is 1. The van der Waals surface area contributed by atoms with Gasteiger partial charge < -0.3 is 15.1 Å². The standard InChI is InChI=1S/C21H22ClN3O2/c22-17-6-1-4-15(12-17)19-14-23-9-11-25(19)21(27)16-5-2-7-18(13-16)24-10-3-8-20(24)26/h1-2,4-7,12-13,19,23H,3,8-11,14H2. The minimum absolute atomic E-state index is 0.0185. The first-order valence-electron chi connectivity index (χ1n) is 9.31. The van der Waals surface area contributed by atoms with Crippen molar-refractivity contribution in [2.45, 2.75) is 18.9 Å². The number of halogens is 1. The molecule has 5 nitrogen and oxygen atoms in total. The highest BCUT2D eigenvalue weighted by atomic mass is 35.5. The Hall–Kier alpha value is -2.37. The fourth-order valence-corrected chi connectivity index (χ4v) is 4.05. The quantitative estimate of drug-likeness (QED) is 0.885. The first kappa shape index (κ1) is 18.0. The van der Waals surface area contributed by atoms with Crippen molar-refractivity contribution in [3.63, 3.8) is 0 Å². The first-order valence-corrected chi connectivity index (χ1v) is 9.69. The minimum Gasteiger partial charge on any atom is -0.329 e. The highest BCUT2D eigenvalue weighted by Gasteiger charge is 2.29. The van der Waals surface area contributed by atoms with Crippen molar-refractivity contribution in [3.05, 3.63) is 64.7 Å². The Morgan fingerprint density at radius 2 is 1.96 bits per heavy atom. The summed E-state index contributed by atoms with van der Waals surface area (Å²) >= 11 is 6.15. The van der Waals surface area contributed by atoms with Gasteiger partial charge in [0.25, 0.3) is 5.91 Å². The number of carbonyl (C=O) groups is 2. The molecule has 1 unspecified atom stereocenters. The summed E-state index contributed by atoms with van der Waals surface area (Å²) in [6.45, 7) is 2.79. The van der Waals surface area contributed by atoms with Crippen molar-refractivity contribution >= 4 is 29.1 Å². The van der Waals surface area contributed by atoms with E-state index in [1.54, 1.807) is 4.90 Å². The lowest BCUT2D eigenvalue weighted by Gasteiger charge is -2.37. The van der Waals surface area contributed by atoms with E-state index in [2.05, 4.69) is 5.32 Å². The summed E-state index contributed by atoms with van der Waals surface area (Å²) in [7, 11) is 0. The van der Waals surface area contributed by atoms with Gasteiger partial charge in [0, 0.05) is 48.9 Å². The molecule has 0 spiro atoms. The van der Waals surface area contributed by atoms with E-state index in [1.807, 2.05) is 53.4 Å². The number of amides is 2. The smallest absolute Gasteiger partial charge is 0.254 e. The summed E-state index contributed by atoms with van der Waals surface area (Å²) in [5.41, 5.74) is 2.44. The topological polar surface area (TPSA) is 52.7 Å². The molecule has 27 heavy (non-hydrogen) atoms. The van der Waals surface area contributed by atoms with E-state index in [4.69, 9.17) is 11.6 Å². The zero-order valence-electron chi connectivity index (χ0n) is 15.0. The van der Waals surface area contributed by atoms with Crippen LogP contribution in [0.1, 0.15) is 34.8 Å². The zero-order valence-corrected chi connectivity index (χ0v) is 15.8. The molecule has 0 aliphatic carbocycles. The lowest BCUT2D eigenvalue weighted by molar-refractivity contribution is -0.117. The second kappa shape index (κ2) is 7.71. The van der Waals surface area contributed by atoms with Crippen molar-refractivity contribution in [2.75, 3.05) is 31.1 Å². The van der Waals surface area contributed by atoms with Gasteiger partial charge in [-0.2, -0.15) is 0 Å². The SMILES string of the molecule is O=C1CCCN1c1cccc(C(=O)N2CCNCC2c2cccc(Cl)c2)c1. The maximum Gasteiger partial charge on any atom is 0.254 e. The van der Waals surface area contributed by atoms with Crippen LogP contribution in [0.15, 0.2) is 48.5 Å². The van der Waals surface area contributed by atoms with Crippen LogP contribution in [0.5, 0.6) is 0 Å². The highest BCUT2D eigenvalue weighted by molar-refractivity contribution is 6.30. The summed E-state index contributed by atoms with van der Waals surface area (Å²) in [6, 6.07) is 15.0. The Kier molecular flexibility index (Phi) is 5.14. The zero-order chi connectivity index (χ0) is 18.8. The van der Waals surface area contributed by atoms with Crippen molar-refractivity contribution in [3.8, 4) is 0 Å². The molecule has 2 amide bonds. The molecule has 1 atom stereocenters. The molecule has 2 saturated heterocycles. The average Bonchev–Trinajstić information content (AvgIpc) is 3.13. The lowest BCUT2D eigenvalue weighted by Crippen LogP contribution is -2.48. The van der Waals surface area contributed by atoms with Crippen molar-refractivity contribution in [1.82, 2.24) is 10.2 Å². The highest BCUT2D eigenvalue weighted by Crippen LogP contribution is 2.28. The van der Waals surface area contributed by atoms with Crippen LogP contribution < -0.4 is 10.2 Å². The van der Waals surface area contributed by atoms with Gasteiger partial charge in [-0.05, 0) is 42.3 Å². The molecule has 0 saturated carbocycles. The number of hydrogen-bond donors (Lipinski definition) is 1. The molecule has 2 aliphatic rings. The van der Waals surface area contributed by atoms with Crippen LogP contribution >= 0.6 is 11.6 Å². The maximum absolute atomic E-state index is 13.3. The number of nitrogens with zero attached hydrogens (tertiary/aromatic N) is 2. The Morgan fingerprint density at radius 3 is 2.74 bits per heavy atom. The molecular formula is C21H22ClN3O2. The summed E-state index contributed by atoms with van der Waals surface area (Å²) in [5, 5.41) is 4.03. The van der Waals surface area contributed by atoms with Crippen LogP contribution in [0.25, 0.3) is 0 Å². The van der Waals surface area contributed by atoms with Gasteiger partial charge in [0.2, 0.25) is 5.91 Å². The number of benzene rings is 2. The predicted octanol–water partition coefficient (Wildman–Crippen LogP) is 3.25. The van der Waals surface area contributed by atoms with E-state index in [-0.39, 0.29) is 17.9 Å². The molecule has 2 heterocycles. The fraction of sp³-hybridized carbons (Fsp3) is 0.333. The summed E-state index contributed by atoms with van der Waals surface area (Å²) in [4.78, 5) is 29.0. The number of carbonyl (C=O) groups excluding carboxylic acids is 2. The van der Waals surface area contributed by atoms with Gasteiger partial charge in [-0.25, -0.2) is 0 Å². The Morgan fingerprint density at radius 1 is 1.11 bits per heavy atom. The number of nitrogens with one attached hydrogen (secondary N) is 1. The molecule has 2 aliphatic heterocycles. The number of piperazine rings is 1. The third-order valence-corrected chi connectivity index (χ3v) is 5.45. The molecule has 1 N–H and O–H groups in total. The van der Waals surface area contributed by atoms with Gasteiger partial charge >= 0.3 is 0 Å². The third-order valence-electron chi connectivity index (χ3n) is 5.22. The first-order chi connectivity index (χ1) is 13.1. The van der Waals surface area contributed by atoms with E-state index in [9.17, 15) is 9.59 Å². The minimum atomic E-state index is -0.0676. The van der Waals surface area contributed by atoms with Gasteiger partial charge in [-0.1, -0.05) is 29.8 Å². The van der Waals surface area contributed by atoms with Gasteiger partial charge in [-0.15, -0.1) is 0 Å². The van der Waals surface area contributed by atoms with E-state index < -0.39 is 0 Å². The van der Waals surface area contributed by atoms with Crippen LogP contribution in [0.2, 0.25) is 5.02 Å². The van der Waals surface area contributed by atoms with Crippen molar-refractivity contribution in [1.29, 1.82) is 0 Å². The van der Waals surface area contributed by atoms with Crippen LogP contribution in [-0.4, -0.2) is 42.9 Å². The average molecular weight is 384 g/mol. The van der Waals surface area contributed by atoms with Gasteiger partial charge in [-0.3, -0.25) is 9.59 Å². The predicted molar refractivity (Wildman–Crippen MR) is 106 cm³/mol. The maximum atomic E-state index is 13.3. The van der Waals surface area contributed by atoms with Crippen LogP contribution in [-0.2, 0) is 4.79 Å². The largest absolute Gasteiger partial charge is 0.329 e. The van der Waals surface area contributed by atoms with Crippen molar-refractivity contribution < 1.29 is 9.59 Å². The third kappa shape index (κ3) is 3.70. The Bertz CT molecular complexity index is 870. The van der Waals surface area contributed by atoms with E-state index in [0.29, 0.717) is 30.1 Å². The van der Waals surface area contributed by atoms with Gasteiger partial charge in [0.1, 0.15) is 0 Å². The van der Waals surface area contributed by atoms with Gasteiger partial charge in [0.15, 0.2) is 0 Å². The normalized spacial score (nSPS) is 20.2. The van der Waals surface area contributed by atoms with Crippen LogP contribution in [0.4, 0.5) is 5.69 Å². The molecule has 0 radical (unpaired) electrons. The molecule has 4 rings (SSSR count). The molecule has 6 heteroatoms. The molecule has 2 aromatic carbocycles. The summed E-state index contributed by atoms with van der Waals surface area (Å²) in [6.07, 6.45) is 1.44. The van der Waals surface area contributed by atoms with E-state index in [1.165, 1.54) is 0 Å². The second-order valence-corrected chi connectivity index (χ2v) is 7.41. The second-order valence-electron chi connectivity index (χ2n) is 6.97. The molecule has 0 bridgehead atoms. The number of rotatable bonds is 3. The molecule has 140 valence electrons. The van der Waals surface area contributed by atoms with Crippen LogP contribution in [0.3, 0.4) is 0 Å². The number of hydrogen-bond acceptors (Lipinski definition) is 3. The van der Waals surface area contributed by atoms with Gasteiger partial charge in [0.05, 0.1) is 6.04 Å². The lowest BCUT2D eigenvalue weighted by atomic mass is 10.0. The molecule has 0 aromatic heterocycles. The van der Waals surface area contributed by atoms with E-state index in [0.717, 1.165) is 30.8 Å². The summed E-state index contributed by atoms with van der Waals surface area (Å²) in [5.74, 6) is 0.105. The monoisotopic (exact) mass is 383 g/mol. The summed E-state index contributed by atoms with van der Waals surface area (Å²) < 4.78 is 0. The van der Waals surface area contributed by atoms with Crippen molar-refractivity contribution in [2.24, 2.45) is 0 Å². The van der Waals surface area contributed by atoms with E-state index >= 15 is 0 Å². The Labute approximate surface area is 163 Å². The Balaban J connectivity index is 1.61. The molecule has 2 aromatic rings. The molecule has 2 fully saturated rings.